The monoisotopic (exact) mass is 284 g/mol. The van der Waals surface area contributed by atoms with Crippen LogP contribution in [0.2, 0.25) is 0 Å². The lowest BCUT2D eigenvalue weighted by Gasteiger charge is -2.07. The summed E-state index contributed by atoms with van der Waals surface area (Å²) in [5, 5.41) is 0. The zero-order valence-electron chi connectivity index (χ0n) is 10.0. The minimum atomic E-state index is -4.60. The number of halogens is 6. The van der Waals surface area contributed by atoms with E-state index in [1.54, 1.807) is 14.0 Å². The van der Waals surface area contributed by atoms with Gasteiger partial charge < -0.3 is 4.57 Å². The van der Waals surface area contributed by atoms with Crippen LogP contribution in [0.25, 0.3) is 11.0 Å². The number of fused-ring (bicyclic) bond motifs is 1. The number of aryl methyl sites for hydroxylation is 2. The van der Waals surface area contributed by atoms with Crippen molar-refractivity contribution in [2.45, 2.75) is 13.1 Å². The van der Waals surface area contributed by atoms with E-state index in [-0.39, 0.29) is 11.0 Å². The molecule has 0 fully saturated rings. The summed E-state index contributed by atoms with van der Waals surface area (Å²) in [6, 6.07) is 1.51. The summed E-state index contributed by atoms with van der Waals surface area (Å²) in [4.78, 5) is 3.80. The van der Waals surface area contributed by atoms with Crippen molar-refractivity contribution < 1.29 is 26.3 Å². The lowest BCUT2D eigenvalue weighted by molar-refractivity contribution is -0.136. The third kappa shape index (κ3) is 3.18. The van der Waals surface area contributed by atoms with E-state index in [1.807, 2.05) is 0 Å². The largest absolute Gasteiger partial charge is 0.418 e. The summed E-state index contributed by atoms with van der Waals surface area (Å²) in [6.45, 7) is -0.182. The molecular formula is C11H10F6N2. The Morgan fingerprint density at radius 3 is 2.21 bits per heavy atom. The van der Waals surface area contributed by atoms with Crippen LogP contribution in [0, 0.1) is 12.7 Å². The highest BCUT2D eigenvalue weighted by Gasteiger charge is 2.34. The van der Waals surface area contributed by atoms with Crippen molar-refractivity contribution in [1.82, 2.24) is 9.55 Å². The van der Waals surface area contributed by atoms with Crippen LogP contribution in [-0.2, 0) is 13.2 Å². The number of imidazole rings is 1. The number of rotatable bonds is 0. The Hall–Kier alpha value is -1.73. The lowest BCUT2D eigenvalue weighted by atomic mass is 10.1. The van der Waals surface area contributed by atoms with Crippen LogP contribution in [0.4, 0.5) is 26.3 Å². The minimum absolute atomic E-state index is 0.143. The quantitative estimate of drug-likeness (QED) is 0.670. The zero-order valence-corrected chi connectivity index (χ0v) is 10.0. The van der Waals surface area contributed by atoms with Gasteiger partial charge in [-0.05, 0) is 19.1 Å². The van der Waals surface area contributed by atoms with Crippen molar-refractivity contribution in [1.29, 1.82) is 0 Å². The van der Waals surface area contributed by atoms with E-state index in [1.165, 1.54) is 4.57 Å². The first kappa shape index (κ1) is 15.3. The van der Waals surface area contributed by atoms with E-state index in [0.717, 1.165) is 6.07 Å². The minimum Gasteiger partial charge on any atom is -0.331 e. The Morgan fingerprint density at radius 1 is 1.21 bits per heavy atom. The van der Waals surface area contributed by atoms with Gasteiger partial charge in [-0.25, -0.2) is 18.2 Å². The molecule has 0 atom stereocenters. The average Bonchev–Trinajstić information content (AvgIpc) is 2.55. The molecule has 0 radical (unpaired) electrons. The molecule has 106 valence electrons. The van der Waals surface area contributed by atoms with Gasteiger partial charge in [-0.15, -0.1) is 0 Å². The summed E-state index contributed by atoms with van der Waals surface area (Å²) >= 11 is 0. The first-order chi connectivity index (χ1) is 8.72. The highest BCUT2D eigenvalue weighted by atomic mass is 19.4. The summed E-state index contributed by atoms with van der Waals surface area (Å²) < 4.78 is 71.6. The molecule has 2 nitrogen and oxygen atoms in total. The molecule has 0 unspecified atom stereocenters. The van der Waals surface area contributed by atoms with Gasteiger partial charge >= 0.3 is 6.18 Å². The van der Waals surface area contributed by atoms with Crippen LogP contribution >= 0.6 is 0 Å². The first-order valence-corrected chi connectivity index (χ1v) is 5.04. The third-order valence-electron chi connectivity index (χ3n) is 2.48. The molecule has 0 N–H and O–H groups in total. The molecule has 0 aliphatic carbocycles. The van der Waals surface area contributed by atoms with Crippen molar-refractivity contribution >= 4 is 11.0 Å². The highest BCUT2D eigenvalue weighted by molar-refractivity contribution is 5.80. The van der Waals surface area contributed by atoms with Gasteiger partial charge in [0.15, 0.2) is 0 Å². The molecule has 0 bridgehead atoms. The van der Waals surface area contributed by atoms with Crippen LogP contribution in [0.15, 0.2) is 12.1 Å². The molecule has 0 spiro atoms. The van der Waals surface area contributed by atoms with Gasteiger partial charge in [0.1, 0.15) is 17.2 Å². The van der Waals surface area contributed by atoms with Crippen molar-refractivity contribution in [2.75, 3.05) is 6.93 Å². The second-order valence-electron chi connectivity index (χ2n) is 3.64. The summed E-state index contributed by atoms with van der Waals surface area (Å²) in [5.74, 6) is -0.506. The van der Waals surface area contributed by atoms with E-state index in [9.17, 15) is 26.3 Å². The van der Waals surface area contributed by atoms with Crippen LogP contribution in [0.5, 0.6) is 0 Å². The van der Waals surface area contributed by atoms with Crippen LogP contribution in [-0.4, -0.2) is 16.5 Å². The summed E-state index contributed by atoms with van der Waals surface area (Å²) in [7, 11) is 1.55. The molecule has 19 heavy (non-hydrogen) atoms. The second-order valence-corrected chi connectivity index (χ2v) is 3.64. The predicted molar refractivity (Wildman–Crippen MR) is 57.5 cm³/mol. The predicted octanol–water partition coefficient (Wildman–Crippen LogP) is 3.92. The van der Waals surface area contributed by atoms with Gasteiger partial charge in [-0.1, -0.05) is 0 Å². The van der Waals surface area contributed by atoms with Crippen molar-refractivity contribution in [3.8, 4) is 0 Å². The molecule has 2 aromatic rings. The standard InChI is InChI=1S/C10H8F4N2.CH2F2/c1-5-15-9-7(10(12,13)14)3-6(11)4-8(9)16(5)2;2-1-3/h3-4H,1-2H3;1H2. The molecule has 1 heterocycles. The van der Waals surface area contributed by atoms with E-state index >= 15 is 0 Å². The maximum Gasteiger partial charge on any atom is 0.418 e. The SMILES string of the molecule is Cc1nc2c(C(F)(F)F)cc(F)cc2n1C.FCF. The fourth-order valence-electron chi connectivity index (χ4n) is 1.59. The molecule has 0 aliphatic heterocycles. The maximum absolute atomic E-state index is 13.1. The number of hydrogen-bond donors (Lipinski definition) is 0. The maximum atomic E-state index is 13.1. The Morgan fingerprint density at radius 2 is 1.74 bits per heavy atom. The van der Waals surface area contributed by atoms with Gasteiger partial charge in [0, 0.05) is 7.05 Å². The molecule has 0 aliphatic rings. The Bertz CT molecular complexity index is 573. The fraction of sp³-hybridized carbons (Fsp3) is 0.364. The number of aromatic nitrogens is 2. The molecule has 0 saturated heterocycles. The van der Waals surface area contributed by atoms with Gasteiger partial charge in [-0.2, -0.15) is 13.2 Å². The highest BCUT2D eigenvalue weighted by Crippen LogP contribution is 2.35. The molecular weight excluding hydrogens is 274 g/mol. The van der Waals surface area contributed by atoms with Crippen molar-refractivity contribution in [3.63, 3.8) is 0 Å². The number of benzene rings is 1. The average molecular weight is 284 g/mol. The molecule has 0 saturated carbocycles. The third-order valence-corrected chi connectivity index (χ3v) is 2.48. The number of nitrogens with zero attached hydrogens (tertiary/aromatic N) is 2. The normalized spacial score (nSPS) is 11.4. The van der Waals surface area contributed by atoms with Gasteiger partial charge in [0.25, 0.3) is 0 Å². The zero-order chi connectivity index (χ0) is 14.8. The summed E-state index contributed by atoms with van der Waals surface area (Å²) in [6.07, 6.45) is -4.60. The Labute approximate surface area is 104 Å². The molecule has 1 aromatic carbocycles. The first-order valence-electron chi connectivity index (χ1n) is 5.04. The smallest absolute Gasteiger partial charge is 0.331 e. The number of alkyl halides is 5. The molecule has 8 heteroatoms. The van der Waals surface area contributed by atoms with E-state index < -0.39 is 24.5 Å². The Kier molecular flexibility index (Phi) is 4.43. The Balaban J connectivity index is 0.000000550. The van der Waals surface area contributed by atoms with E-state index in [0.29, 0.717) is 11.9 Å². The topological polar surface area (TPSA) is 17.8 Å². The van der Waals surface area contributed by atoms with Crippen LogP contribution in [0.3, 0.4) is 0 Å². The second kappa shape index (κ2) is 5.50. The van der Waals surface area contributed by atoms with E-state index in [4.69, 9.17) is 0 Å². The molecule has 0 amide bonds. The van der Waals surface area contributed by atoms with Crippen molar-refractivity contribution in [2.24, 2.45) is 7.05 Å². The van der Waals surface area contributed by atoms with E-state index in [2.05, 4.69) is 4.98 Å². The van der Waals surface area contributed by atoms with Gasteiger partial charge in [0.05, 0.1) is 11.1 Å². The van der Waals surface area contributed by atoms with Crippen molar-refractivity contribution in [3.05, 3.63) is 29.3 Å². The van der Waals surface area contributed by atoms with Gasteiger partial charge in [-0.3, -0.25) is 0 Å². The summed E-state index contributed by atoms with van der Waals surface area (Å²) in [5.41, 5.74) is -1.11. The molecule has 1 aromatic heterocycles. The van der Waals surface area contributed by atoms with Crippen LogP contribution < -0.4 is 0 Å². The fourth-order valence-corrected chi connectivity index (χ4v) is 1.59. The van der Waals surface area contributed by atoms with Gasteiger partial charge in [0.2, 0.25) is 6.93 Å². The number of hydrogen-bond acceptors (Lipinski definition) is 1. The molecule has 2 rings (SSSR count). The van der Waals surface area contributed by atoms with Crippen LogP contribution in [0.1, 0.15) is 11.4 Å². The lowest BCUT2D eigenvalue weighted by Crippen LogP contribution is -2.06.